The molecule has 0 spiro atoms. The maximum absolute atomic E-state index is 8.69. The first-order valence-electron chi connectivity index (χ1n) is 2.90. The molecule has 1 saturated heterocycles. The van der Waals surface area contributed by atoms with E-state index in [1.54, 1.807) is 0 Å². The van der Waals surface area contributed by atoms with Gasteiger partial charge in [0.2, 0.25) is 5.94 Å². The minimum absolute atomic E-state index is 0.0516. The van der Waals surface area contributed by atoms with Gasteiger partial charge < -0.3 is 10.0 Å². The molecule has 0 saturated carbocycles. The smallest absolute Gasteiger partial charge is 0.225 e. The van der Waals surface area contributed by atoms with Crippen molar-refractivity contribution in [3.05, 3.63) is 7.05 Å². The molecular formula is C5H12N2OS. The normalized spacial score (nSPS) is 30.7. The van der Waals surface area contributed by atoms with Crippen LogP contribution in [0, 0.1) is 7.05 Å². The van der Waals surface area contributed by atoms with Gasteiger partial charge in [-0.3, -0.25) is 7.05 Å². The van der Waals surface area contributed by atoms with Crippen LogP contribution >= 0.6 is 0 Å². The lowest BCUT2D eigenvalue weighted by atomic mass is 10.6. The van der Waals surface area contributed by atoms with E-state index in [9.17, 15) is 0 Å². The summed E-state index contributed by atoms with van der Waals surface area (Å²) in [6.07, 6.45) is 0. The summed E-state index contributed by atoms with van der Waals surface area (Å²) in [5, 5.41) is 8.69. The van der Waals surface area contributed by atoms with Crippen LogP contribution in [0.15, 0.2) is 0 Å². The van der Waals surface area contributed by atoms with Crippen molar-refractivity contribution >= 4 is 11.1 Å². The van der Waals surface area contributed by atoms with E-state index < -0.39 is 0 Å². The second-order valence-corrected chi connectivity index (χ2v) is 3.96. The van der Waals surface area contributed by atoms with Crippen molar-refractivity contribution in [3.8, 4) is 0 Å². The Labute approximate surface area is 58.5 Å². The molecule has 0 amide bonds. The zero-order valence-corrected chi connectivity index (χ0v) is 6.15. The Morgan fingerprint density at radius 2 is 2.56 bits per heavy atom. The lowest BCUT2D eigenvalue weighted by Gasteiger charge is -2.28. The van der Waals surface area contributed by atoms with Crippen molar-refractivity contribution in [1.82, 2.24) is 9.62 Å². The summed E-state index contributed by atoms with van der Waals surface area (Å²) in [7, 11) is 3.76. The molecule has 0 radical (unpaired) electrons. The van der Waals surface area contributed by atoms with Crippen molar-refractivity contribution in [3.63, 3.8) is 0 Å². The summed E-state index contributed by atoms with van der Waals surface area (Å²) in [4.78, 5) is 1.96. The minimum atomic E-state index is 0.0516. The first-order chi connectivity index (χ1) is 4.33. The van der Waals surface area contributed by atoms with Gasteiger partial charge in [0.15, 0.2) is 0 Å². The molecule has 1 fully saturated rings. The number of rotatable bonds is 1. The largest absolute Gasteiger partial charge is 0.440 e. The molecule has 4 heteroatoms. The van der Waals surface area contributed by atoms with Crippen LogP contribution in [0.2, 0.25) is 0 Å². The van der Waals surface area contributed by atoms with Crippen molar-refractivity contribution in [2.45, 2.75) is 0 Å². The molecule has 1 atom stereocenters. The number of nitrogens with one attached hydrogen (secondary N) is 1. The molecular weight excluding hydrogens is 136 g/mol. The summed E-state index contributed by atoms with van der Waals surface area (Å²) < 4.78 is 3.16. The monoisotopic (exact) mass is 148 g/mol. The fraction of sp³-hybridized carbons (Fsp3) is 0.800. The molecule has 0 bridgehead atoms. The zero-order chi connectivity index (χ0) is 6.69. The average Bonchev–Trinajstić information content (AvgIpc) is 1.90. The molecule has 1 heterocycles. The second-order valence-electron chi connectivity index (χ2n) is 2.02. The Kier molecular flexibility index (Phi) is 2.78. The summed E-state index contributed by atoms with van der Waals surface area (Å²) >= 11 is 0.0516. The number of hydrogen-bond acceptors (Lipinski definition) is 3. The van der Waals surface area contributed by atoms with Gasteiger partial charge in [-0.1, -0.05) is 0 Å². The highest BCUT2D eigenvalue weighted by Gasteiger charge is 2.20. The molecule has 3 nitrogen and oxygen atoms in total. The van der Waals surface area contributed by atoms with E-state index in [1.165, 1.54) is 0 Å². The molecule has 1 rings (SSSR count). The van der Waals surface area contributed by atoms with Gasteiger partial charge in [0.25, 0.3) is 0 Å². The second kappa shape index (κ2) is 3.41. The molecule has 9 heavy (non-hydrogen) atoms. The maximum atomic E-state index is 8.69. The van der Waals surface area contributed by atoms with Crippen LogP contribution in [0.3, 0.4) is 0 Å². The van der Waals surface area contributed by atoms with Gasteiger partial charge in [0.05, 0.1) is 6.67 Å². The third-order valence-electron chi connectivity index (χ3n) is 1.30. The Bertz CT molecular complexity index is 83.0. The van der Waals surface area contributed by atoms with Gasteiger partial charge in [0, 0.05) is 6.54 Å². The predicted molar refractivity (Wildman–Crippen MR) is 39.4 cm³/mol. The summed E-state index contributed by atoms with van der Waals surface area (Å²) in [6, 6.07) is 0. The van der Waals surface area contributed by atoms with Crippen LogP contribution < -0.4 is 4.72 Å². The van der Waals surface area contributed by atoms with E-state index in [1.807, 2.05) is 4.90 Å². The molecule has 54 valence electrons. The Morgan fingerprint density at radius 1 is 1.78 bits per heavy atom. The topological polar surface area (TPSA) is 35.5 Å². The lowest BCUT2D eigenvalue weighted by Crippen LogP contribution is -2.46. The number of hydrogen-bond donors (Lipinski definition) is 2. The van der Waals surface area contributed by atoms with E-state index in [2.05, 4.69) is 11.8 Å². The number of aliphatic hydroxyl groups is 1. The van der Waals surface area contributed by atoms with Gasteiger partial charge in [-0.15, -0.1) is 4.72 Å². The van der Waals surface area contributed by atoms with Crippen molar-refractivity contribution in [1.29, 1.82) is 0 Å². The van der Waals surface area contributed by atoms with E-state index >= 15 is 0 Å². The third-order valence-corrected chi connectivity index (χ3v) is 2.83. The highest BCUT2D eigenvalue weighted by Crippen LogP contribution is 1.98. The fourth-order valence-electron chi connectivity index (χ4n) is 0.683. The van der Waals surface area contributed by atoms with Crippen molar-refractivity contribution in [2.24, 2.45) is 0 Å². The van der Waals surface area contributed by atoms with E-state index in [0.717, 1.165) is 19.0 Å². The maximum Gasteiger partial charge on any atom is 0.225 e. The zero-order valence-electron chi connectivity index (χ0n) is 5.34. The van der Waals surface area contributed by atoms with E-state index in [-0.39, 0.29) is 17.0 Å². The molecule has 0 aromatic rings. The van der Waals surface area contributed by atoms with Crippen LogP contribution in [-0.2, 0) is 11.1 Å². The summed E-state index contributed by atoms with van der Waals surface area (Å²) in [6.45, 7) is 1.81. The highest BCUT2D eigenvalue weighted by molar-refractivity contribution is 7.94. The van der Waals surface area contributed by atoms with Gasteiger partial charge in [-0.05, 0) is 0 Å². The molecule has 2 N–H and O–H groups in total. The molecule has 1 aliphatic rings. The van der Waals surface area contributed by atoms with E-state index in [4.69, 9.17) is 5.11 Å². The van der Waals surface area contributed by atoms with E-state index in [0.29, 0.717) is 0 Å². The fourth-order valence-corrected chi connectivity index (χ4v) is 1.89. The Hall–Kier alpha value is 0.230. The lowest BCUT2D eigenvalue weighted by molar-refractivity contribution is 0.349. The third kappa shape index (κ3) is 2.14. The van der Waals surface area contributed by atoms with Gasteiger partial charge >= 0.3 is 0 Å². The Balaban J connectivity index is 2.18. The van der Waals surface area contributed by atoms with Gasteiger partial charge in [-0.25, -0.2) is 0 Å². The van der Waals surface area contributed by atoms with Crippen LogP contribution in [0.4, 0.5) is 0 Å². The van der Waals surface area contributed by atoms with Crippen LogP contribution in [0.25, 0.3) is 0 Å². The minimum Gasteiger partial charge on any atom is -0.440 e. The first kappa shape index (κ1) is 7.34. The molecule has 1 aliphatic heterocycles. The van der Waals surface area contributed by atoms with Crippen molar-refractivity contribution < 1.29 is 5.11 Å². The highest BCUT2D eigenvalue weighted by atomic mass is 32.2. The number of aliphatic hydroxyl groups excluding tert-OH is 1. The first-order valence-corrected chi connectivity index (χ1v) is 4.46. The van der Waals surface area contributed by atoms with Gasteiger partial charge in [0.1, 0.15) is 16.8 Å². The number of nitrogens with zero attached hydrogens (tertiary/aromatic N) is 1. The van der Waals surface area contributed by atoms with Crippen LogP contribution in [-0.4, -0.2) is 34.9 Å². The molecule has 0 aliphatic carbocycles. The standard InChI is InChI=1S/C5H12N2OS/c1-7-2-3-9(5-8)6-4-7/h6,8H,1-5H2. The van der Waals surface area contributed by atoms with Crippen LogP contribution in [0.5, 0.6) is 0 Å². The molecule has 0 aromatic heterocycles. The Morgan fingerprint density at radius 3 is 3.00 bits per heavy atom. The SMILES string of the molecule is [CH2-]N1CC[S+](CO)NC1. The molecule has 1 unspecified atom stereocenters. The van der Waals surface area contributed by atoms with Crippen LogP contribution in [0.1, 0.15) is 0 Å². The van der Waals surface area contributed by atoms with Crippen molar-refractivity contribution in [2.75, 3.05) is 24.9 Å². The predicted octanol–water partition coefficient (Wildman–Crippen LogP) is -0.876. The summed E-state index contributed by atoms with van der Waals surface area (Å²) in [5.74, 6) is 1.30. The average molecular weight is 148 g/mol. The van der Waals surface area contributed by atoms with Gasteiger partial charge in [-0.2, -0.15) is 0 Å². The summed E-state index contributed by atoms with van der Waals surface area (Å²) in [5.41, 5.74) is 0. The molecule has 0 aromatic carbocycles. The quantitative estimate of drug-likeness (QED) is 0.374.